The van der Waals surface area contributed by atoms with Gasteiger partial charge in [-0.1, -0.05) is 24.3 Å². The van der Waals surface area contributed by atoms with Crippen molar-refractivity contribution < 1.29 is 14.3 Å². The van der Waals surface area contributed by atoms with Gasteiger partial charge in [0.15, 0.2) is 17.2 Å². The van der Waals surface area contributed by atoms with Crippen molar-refractivity contribution in [3.05, 3.63) is 70.9 Å². The van der Waals surface area contributed by atoms with Gasteiger partial charge in [0.2, 0.25) is 6.79 Å². The van der Waals surface area contributed by atoms with E-state index in [1.807, 2.05) is 50.2 Å². The molecule has 4 rings (SSSR count). The van der Waals surface area contributed by atoms with Crippen molar-refractivity contribution >= 4 is 17.4 Å². The van der Waals surface area contributed by atoms with Gasteiger partial charge in [0.25, 0.3) is 5.91 Å². The van der Waals surface area contributed by atoms with Gasteiger partial charge in [0, 0.05) is 12.2 Å². The first-order chi connectivity index (χ1) is 13.6. The maximum atomic E-state index is 12.5. The van der Waals surface area contributed by atoms with Crippen LogP contribution in [0.15, 0.2) is 48.5 Å². The first-order valence-electron chi connectivity index (χ1n) is 8.94. The van der Waals surface area contributed by atoms with Gasteiger partial charge in [-0.05, 0) is 54.8 Å². The van der Waals surface area contributed by atoms with Gasteiger partial charge in [-0.2, -0.15) is 0 Å². The van der Waals surface area contributed by atoms with Crippen molar-refractivity contribution in [3.8, 4) is 11.5 Å². The number of hydrogen-bond donors (Lipinski definition) is 2. The zero-order valence-corrected chi connectivity index (χ0v) is 15.7. The maximum absolute atomic E-state index is 12.5. The number of ether oxygens (including phenoxy) is 2. The molecule has 0 bridgehead atoms. The standard InChI is InChI=1S/C21H20N4O3/c1-13-4-3-5-14(2)20(13)23-21(26)16-7-9-19(25-24-16)22-11-15-6-8-17-18(10-15)28-12-27-17/h3-10H,11-12H2,1-2H3,(H,22,25)(H,23,26). The van der Waals surface area contributed by atoms with Crippen LogP contribution in [0.1, 0.15) is 27.2 Å². The minimum Gasteiger partial charge on any atom is -0.454 e. The van der Waals surface area contributed by atoms with Crippen LogP contribution >= 0.6 is 0 Å². The topological polar surface area (TPSA) is 85.4 Å². The zero-order chi connectivity index (χ0) is 19.5. The third kappa shape index (κ3) is 3.73. The molecule has 1 aliphatic rings. The lowest BCUT2D eigenvalue weighted by atomic mass is 10.1. The maximum Gasteiger partial charge on any atom is 0.276 e. The van der Waals surface area contributed by atoms with E-state index in [1.165, 1.54) is 0 Å². The third-order valence-corrected chi connectivity index (χ3v) is 4.53. The molecule has 0 fully saturated rings. The molecular formula is C21H20N4O3. The Morgan fingerprint density at radius 2 is 1.79 bits per heavy atom. The highest BCUT2D eigenvalue weighted by Gasteiger charge is 2.14. The number of fused-ring (bicyclic) bond motifs is 1. The van der Waals surface area contributed by atoms with Crippen LogP contribution in [0.3, 0.4) is 0 Å². The van der Waals surface area contributed by atoms with Gasteiger partial charge in [0.1, 0.15) is 5.82 Å². The van der Waals surface area contributed by atoms with Crippen LogP contribution in [0.2, 0.25) is 0 Å². The molecule has 0 saturated heterocycles. The number of para-hydroxylation sites is 1. The lowest BCUT2D eigenvalue weighted by Crippen LogP contribution is -2.16. The molecule has 0 aliphatic carbocycles. The van der Waals surface area contributed by atoms with Crippen LogP contribution in [0.25, 0.3) is 0 Å². The predicted molar refractivity (Wildman–Crippen MR) is 106 cm³/mol. The van der Waals surface area contributed by atoms with E-state index in [-0.39, 0.29) is 18.4 Å². The Labute approximate surface area is 162 Å². The molecule has 7 nitrogen and oxygen atoms in total. The number of hydrogen-bond acceptors (Lipinski definition) is 6. The zero-order valence-electron chi connectivity index (χ0n) is 15.7. The molecule has 0 unspecified atom stereocenters. The number of carbonyl (C=O) groups is 1. The molecule has 0 atom stereocenters. The van der Waals surface area contributed by atoms with E-state index >= 15 is 0 Å². The van der Waals surface area contributed by atoms with Crippen LogP contribution in [-0.4, -0.2) is 22.9 Å². The minimum atomic E-state index is -0.285. The van der Waals surface area contributed by atoms with Gasteiger partial charge in [0.05, 0.1) is 0 Å². The van der Waals surface area contributed by atoms with Crippen LogP contribution in [-0.2, 0) is 6.54 Å². The second kappa shape index (κ2) is 7.56. The van der Waals surface area contributed by atoms with Crippen LogP contribution in [0.4, 0.5) is 11.5 Å². The average Bonchev–Trinajstić information content (AvgIpc) is 3.17. The fourth-order valence-electron chi connectivity index (χ4n) is 2.98. The van der Waals surface area contributed by atoms with Gasteiger partial charge < -0.3 is 20.1 Å². The summed E-state index contributed by atoms with van der Waals surface area (Å²) in [5.41, 5.74) is 4.10. The Hall–Kier alpha value is -3.61. The Morgan fingerprint density at radius 3 is 2.54 bits per heavy atom. The van der Waals surface area contributed by atoms with Crippen molar-refractivity contribution in [1.82, 2.24) is 10.2 Å². The van der Waals surface area contributed by atoms with Gasteiger partial charge in [-0.25, -0.2) is 0 Å². The number of anilines is 2. The van der Waals surface area contributed by atoms with Crippen molar-refractivity contribution in [2.45, 2.75) is 20.4 Å². The highest BCUT2D eigenvalue weighted by molar-refractivity contribution is 6.03. The van der Waals surface area contributed by atoms with E-state index < -0.39 is 0 Å². The summed E-state index contributed by atoms with van der Waals surface area (Å²) in [5.74, 6) is 1.79. The van der Waals surface area contributed by atoms with E-state index in [1.54, 1.807) is 12.1 Å². The number of aromatic nitrogens is 2. The Kier molecular flexibility index (Phi) is 4.80. The molecule has 1 aliphatic heterocycles. The van der Waals surface area contributed by atoms with Crippen molar-refractivity contribution in [2.75, 3.05) is 17.4 Å². The third-order valence-electron chi connectivity index (χ3n) is 4.53. The molecule has 7 heteroatoms. The first kappa shape index (κ1) is 17.8. The first-order valence-corrected chi connectivity index (χ1v) is 8.94. The number of rotatable bonds is 5. The number of aryl methyl sites for hydroxylation is 2. The predicted octanol–water partition coefficient (Wildman–Crippen LogP) is 3.69. The largest absolute Gasteiger partial charge is 0.454 e. The van der Waals surface area contributed by atoms with Gasteiger partial charge >= 0.3 is 0 Å². The number of nitrogens with one attached hydrogen (secondary N) is 2. The molecule has 2 aromatic carbocycles. The minimum absolute atomic E-state index is 0.253. The molecular weight excluding hydrogens is 356 g/mol. The van der Waals surface area contributed by atoms with E-state index in [2.05, 4.69) is 20.8 Å². The fraction of sp³-hybridized carbons (Fsp3) is 0.190. The van der Waals surface area contributed by atoms with Crippen molar-refractivity contribution in [2.24, 2.45) is 0 Å². The molecule has 0 saturated carbocycles. The molecule has 1 aromatic heterocycles. The molecule has 0 radical (unpaired) electrons. The molecule has 2 N–H and O–H groups in total. The summed E-state index contributed by atoms with van der Waals surface area (Å²) < 4.78 is 10.7. The number of amides is 1. The fourth-order valence-corrected chi connectivity index (χ4v) is 2.98. The van der Waals surface area contributed by atoms with Crippen molar-refractivity contribution in [3.63, 3.8) is 0 Å². The van der Waals surface area contributed by atoms with Gasteiger partial charge in [-0.15, -0.1) is 10.2 Å². The van der Waals surface area contributed by atoms with E-state index in [9.17, 15) is 4.79 Å². The molecule has 2 heterocycles. The van der Waals surface area contributed by atoms with Crippen LogP contribution in [0, 0.1) is 13.8 Å². The quantitative estimate of drug-likeness (QED) is 0.706. The highest BCUT2D eigenvalue weighted by Crippen LogP contribution is 2.32. The summed E-state index contributed by atoms with van der Waals surface area (Å²) in [5, 5.41) is 14.2. The monoisotopic (exact) mass is 376 g/mol. The Morgan fingerprint density at radius 1 is 1.00 bits per heavy atom. The lowest BCUT2D eigenvalue weighted by Gasteiger charge is -2.11. The number of benzene rings is 2. The van der Waals surface area contributed by atoms with Crippen LogP contribution < -0.4 is 20.1 Å². The van der Waals surface area contributed by atoms with Crippen molar-refractivity contribution in [1.29, 1.82) is 0 Å². The molecule has 3 aromatic rings. The average molecular weight is 376 g/mol. The summed E-state index contributed by atoms with van der Waals surface area (Å²) in [6.45, 7) is 4.72. The molecule has 0 spiro atoms. The summed E-state index contributed by atoms with van der Waals surface area (Å²) >= 11 is 0. The lowest BCUT2D eigenvalue weighted by molar-refractivity contribution is 0.102. The van der Waals surface area contributed by atoms with Crippen LogP contribution in [0.5, 0.6) is 11.5 Å². The van der Waals surface area contributed by atoms with E-state index in [0.717, 1.165) is 33.9 Å². The molecule has 28 heavy (non-hydrogen) atoms. The highest BCUT2D eigenvalue weighted by atomic mass is 16.7. The summed E-state index contributed by atoms with van der Waals surface area (Å²) in [7, 11) is 0. The SMILES string of the molecule is Cc1cccc(C)c1NC(=O)c1ccc(NCc2ccc3c(c2)OCO3)nn1. The number of nitrogens with zero attached hydrogens (tertiary/aromatic N) is 2. The van der Waals surface area contributed by atoms with Gasteiger partial charge in [-0.3, -0.25) is 4.79 Å². The molecule has 1 amide bonds. The summed E-state index contributed by atoms with van der Waals surface area (Å²) in [6, 6.07) is 15.0. The summed E-state index contributed by atoms with van der Waals surface area (Å²) in [6.07, 6.45) is 0. The number of carbonyl (C=O) groups excluding carboxylic acids is 1. The summed E-state index contributed by atoms with van der Waals surface area (Å²) in [4.78, 5) is 12.5. The molecule has 142 valence electrons. The normalized spacial score (nSPS) is 11.9. The Bertz CT molecular complexity index is 998. The smallest absolute Gasteiger partial charge is 0.276 e. The second-order valence-corrected chi connectivity index (χ2v) is 6.57. The Balaban J connectivity index is 1.39. The second-order valence-electron chi connectivity index (χ2n) is 6.57. The van der Waals surface area contributed by atoms with E-state index in [4.69, 9.17) is 9.47 Å². The van der Waals surface area contributed by atoms with E-state index in [0.29, 0.717) is 12.4 Å².